The second-order valence-corrected chi connectivity index (χ2v) is 6.14. The van der Waals surface area contributed by atoms with Gasteiger partial charge in [-0.2, -0.15) is 0 Å². The largest absolute Gasteiger partial charge is 0.494 e. The first-order valence-electron chi connectivity index (χ1n) is 5.74. The average Bonchev–Trinajstić information content (AvgIpc) is 2.33. The number of likely N-dealkylation sites (N-methyl/N-ethyl adjacent to an activating group) is 1. The van der Waals surface area contributed by atoms with Crippen LogP contribution in [0.1, 0.15) is 6.42 Å². The maximum atomic E-state index is 11.3. The van der Waals surface area contributed by atoms with Gasteiger partial charge in [-0.25, -0.2) is 8.42 Å². The summed E-state index contributed by atoms with van der Waals surface area (Å²) in [6.45, 7) is 0.312. The maximum absolute atomic E-state index is 11.3. The summed E-state index contributed by atoms with van der Waals surface area (Å²) in [5.74, 6) is 0.116. The van der Waals surface area contributed by atoms with Crippen LogP contribution < -0.4 is 15.8 Å². The highest BCUT2D eigenvalue weighted by Crippen LogP contribution is 2.16. The van der Waals surface area contributed by atoms with Gasteiger partial charge in [-0.05, 0) is 31.3 Å². The molecule has 0 aliphatic heterocycles. The number of hydrogen-bond donors (Lipinski definition) is 2. The number of ether oxygens (including phenoxy) is 1. The summed E-state index contributed by atoms with van der Waals surface area (Å²) in [5.41, 5.74) is 5.17. The van der Waals surface area contributed by atoms with Crippen molar-refractivity contribution < 1.29 is 17.9 Å². The first-order chi connectivity index (χ1) is 8.84. The van der Waals surface area contributed by atoms with Gasteiger partial charge in [0.1, 0.15) is 5.75 Å². The van der Waals surface area contributed by atoms with Gasteiger partial charge in [-0.15, -0.1) is 0 Å². The van der Waals surface area contributed by atoms with E-state index in [0.29, 0.717) is 18.8 Å². The highest BCUT2D eigenvalue weighted by atomic mass is 32.2. The summed E-state index contributed by atoms with van der Waals surface area (Å²) in [6, 6.07) is 5.68. The third kappa shape index (κ3) is 4.88. The highest BCUT2D eigenvalue weighted by Gasteiger charge is 2.12. The van der Waals surface area contributed by atoms with Gasteiger partial charge in [0.25, 0.3) is 0 Å². The number of rotatable bonds is 7. The summed E-state index contributed by atoms with van der Waals surface area (Å²) in [4.78, 5) is 11.2. The third-order valence-electron chi connectivity index (χ3n) is 2.62. The van der Waals surface area contributed by atoms with Gasteiger partial charge >= 0.3 is 0 Å². The van der Waals surface area contributed by atoms with Crippen molar-refractivity contribution >= 4 is 15.7 Å². The Hall–Kier alpha value is -1.60. The Morgan fingerprint density at radius 3 is 2.37 bits per heavy atom. The van der Waals surface area contributed by atoms with Crippen LogP contribution in [-0.2, 0) is 14.6 Å². The highest BCUT2D eigenvalue weighted by molar-refractivity contribution is 7.90. The standard InChI is InChI=1S/C12H18N2O4S/c1-14-11(12(13)15)7-8-18-9-3-5-10(6-4-9)19(2,16)17/h3-6,11,14H,7-8H2,1-2H3,(H2,13,15). The number of hydrogen-bond acceptors (Lipinski definition) is 5. The van der Waals surface area contributed by atoms with Crippen molar-refractivity contribution in [1.29, 1.82) is 0 Å². The fourth-order valence-corrected chi connectivity index (χ4v) is 2.14. The molecule has 1 rings (SSSR count). The van der Waals surface area contributed by atoms with Gasteiger partial charge in [0.2, 0.25) is 5.91 Å². The van der Waals surface area contributed by atoms with Crippen LogP contribution in [0.3, 0.4) is 0 Å². The lowest BCUT2D eigenvalue weighted by atomic mass is 10.2. The van der Waals surface area contributed by atoms with Gasteiger partial charge in [-0.3, -0.25) is 4.79 Å². The molecule has 19 heavy (non-hydrogen) atoms. The third-order valence-corrected chi connectivity index (χ3v) is 3.75. The van der Waals surface area contributed by atoms with E-state index in [2.05, 4.69) is 5.32 Å². The molecule has 0 aromatic heterocycles. The summed E-state index contributed by atoms with van der Waals surface area (Å²) >= 11 is 0. The number of amides is 1. The molecule has 1 atom stereocenters. The van der Waals surface area contributed by atoms with Crippen LogP contribution in [0.25, 0.3) is 0 Å². The molecule has 3 N–H and O–H groups in total. The summed E-state index contributed by atoms with van der Waals surface area (Å²) in [6.07, 6.45) is 1.59. The molecular formula is C12H18N2O4S. The lowest BCUT2D eigenvalue weighted by Gasteiger charge is -2.12. The molecule has 1 aromatic carbocycles. The predicted octanol–water partition coefficient (Wildman–Crippen LogP) is -0.0677. The summed E-state index contributed by atoms with van der Waals surface area (Å²) < 4.78 is 27.9. The van der Waals surface area contributed by atoms with Gasteiger partial charge in [0.05, 0.1) is 17.5 Å². The molecule has 6 nitrogen and oxygen atoms in total. The molecule has 106 valence electrons. The zero-order valence-electron chi connectivity index (χ0n) is 10.9. The smallest absolute Gasteiger partial charge is 0.234 e. The van der Waals surface area contributed by atoms with E-state index in [1.807, 2.05) is 0 Å². The molecule has 0 radical (unpaired) electrons. The van der Waals surface area contributed by atoms with Crippen LogP contribution in [0.2, 0.25) is 0 Å². The molecule has 0 saturated carbocycles. The normalized spacial score (nSPS) is 12.9. The van der Waals surface area contributed by atoms with Crippen LogP contribution in [0.4, 0.5) is 0 Å². The Morgan fingerprint density at radius 1 is 1.37 bits per heavy atom. The second kappa shape index (κ2) is 6.53. The van der Waals surface area contributed by atoms with Gasteiger partial charge < -0.3 is 15.8 Å². The second-order valence-electron chi connectivity index (χ2n) is 4.12. The summed E-state index contributed by atoms with van der Waals surface area (Å²) in [5, 5.41) is 2.78. The summed E-state index contributed by atoms with van der Waals surface area (Å²) in [7, 11) is -1.55. The number of nitrogens with two attached hydrogens (primary N) is 1. The Kier molecular flexibility index (Phi) is 5.31. The Bertz CT molecular complexity index is 525. The molecule has 0 aliphatic rings. The molecule has 1 unspecified atom stereocenters. The number of carbonyl (C=O) groups is 1. The number of nitrogens with one attached hydrogen (secondary N) is 1. The van der Waals surface area contributed by atoms with E-state index in [1.54, 1.807) is 19.2 Å². The minimum atomic E-state index is -3.20. The average molecular weight is 286 g/mol. The van der Waals surface area contributed by atoms with Crippen molar-refractivity contribution in [2.75, 3.05) is 19.9 Å². The Morgan fingerprint density at radius 2 is 1.95 bits per heavy atom. The molecular weight excluding hydrogens is 268 g/mol. The van der Waals surface area contributed by atoms with Gasteiger partial charge in [-0.1, -0.05) is 0 Å². The van der Waals surface area contributed by atoms with Crippen molar-refractivity contribution in [3.05, 3.63) is 24.3 Å². The van der Waals surface area contributed by atoms with E-state index in [-0.39, 0.29) is 4.90 Å². The topological polar surface area (TPSA) is 98.5 Å². The predicted molar refractivity (Wildman–Crippen MR) is 71.7 cm³/mol. The van der Waals surface area contributed by atoms with Crippen molar-refractivity contribution in [2.24, 2.45) is 5.73 Å². The molecule has 0 heterocycles. The fourth-order valence-electron chi connectivity index (χ4n) is 1.51. The van der Waals surface area contributed by atoms with Crippen molar-refractivity contribution in [3.8, 4) is 5.75 Å². The number of primary amides is 1. The molecule has 0 bridgehead atoms. The minimum Gasteiger partial charge on any atom is -0.494 e. The molecule has 0 spiro atoms. The lowest BCUT2D eigenvalue weighted by molar-refractivity contribution is -0.120. The monoisotopic (exact) mass is 286 g/mol. The number of carbonyl (C=O) groups excluding carboxylic acids is 1. The van der Waals surface area contributed by atoms with Crippen molar-refractivity contribution in [3.63, 3.8) is 0 Å². The molecule has 1 amide bonds. The first kappa shape index (κ1) is 15.5. The van der Waals surface area contributed by atoms with E-state index in [1.165, 1.54) is 12.1 Å². The van der Waals surface area contributed by atoms with E-state index in [0.717, 1.165) is 6.26 Å². The van der Waals surface area contributed by atoms with E-state index in [9.17, 15) is 13.2 Å². The van der Waals surface area contributed by atoms with Gasteiger partial charge in [0.15, 0.2) is 9.84 Å². The lowest BCUT2D eigenvalue weighted by Crippen LogP contribution is -2.40. The van der Waals surface area contributed by atoms with E-state index < -0.39 is 21.8 Å². The molecule has 7 heteroatoms. The van der Waals surface area contributed by atoms with Gasteiger partial charge in [0, 0.05) is 12.7 Å². The SMILES string of the molecule is CNC(CCOc1ccc(S(C)(=O)=O)cc1)C(N)=O. The quantitative estimate of drug-likeness (QED) is 0.731. The Labute approximate surface area is 112 Å². The van der Waals surface area contributed by atoms with E-state index >= 15 is 0 Å². The minimum absolute atomic E-state index is 0.241. The maximum Gasteiger partial charge on any atom is 0.234 e. The van der Waals surface area contributed by atoms with Crippen LogP contribution in [0.5, 0.6) is 5.75 Å². The molecule has 0 aliphatic carbocycles. The number of benzene rings is 1. The zero-order valence-corrected chi connectivity index (χ0v) is 11.7. The molecule has 0 fully saturated rings. The Balaban J connectivity index is 2.53. The zero-order chi connectivity index (χ0) is 14.5. The molecule has 1 aromatic rings. The van der Waals surface area contributed by atoms with Crippen molar-refractivity contribution in [2.45, 2.75) is 17.4 Å². The van der Waals surface area contributed by atoms with Crippen molar-refractivity contribution in [1.82, 2.24) is 5.32 Å². The van der Waals surface area contributed by atoms with E-state index in [4.69, 9.17) is 10.5 Å². The fraction of sp³-hybridized carbons (Fsp3) is 0.417. The number of sulfone groups is 1. The van der Waals surface area contributed by atoms with Crippen LogP contribution >= 0.6 is 0 Å². The van der Waals surface area contributed by atoms with Crippen LogP contribution in [0, 0.1) is 0 Å². The first-order valence-corrected chi connectivity index (χ1v) is 7.63. The molecule has 0 saturated heterocycles. The van der Waals surface area contributed by atoms with Crippen LogP contribution in [0.15, 0.2) is 29.2 Å². The van der Waals surface area contributed by atoms with Crippen LogP contribution in [-0.4, -0.2) is 40.3 Å².